The minimum atomic E-state index is -0.740. The van der Waals surface area contributed by atoms with Crippen LogP contribution in [0.4, 0.5) is 0 Å². The van der Waals surface area contributed by atoms with Crippen LogP contribution in [0.25, 0.3) is 0 Å². The first-order valence-electron chi connectivity index (χ1n) is 5.59. The highest BCUT2D eigenvalue weighted by Crippen LogP contribution is 2.10. The molecular formula is C13H21NOS. The Kier molecular flexibility index (Phi) is 5.16. The van der Waals surface area contributed by atoms with Gasteiger partial charge in [-0.15, -0.1) is 0 Å². The molecule has 0 heterocycles. The van der Waals surface area contributed by atoms with Crippen LogP contribution in [-0.2, 0) is 17.3 Å². The number of nitrogens with one attached hydrogen (secondary N) is 1. The fourth-order valence-corrected chi connectivity index (χ4v) is 1.87. The van der Waals surface area contributed by atoms with Gasteiger partial charge < -0.3 is 5.32 Å². The summed E-state index contributed by atoms with van der Waals surface area (Å²) < 4.78 is 11.2. The molecular weight excluding hydrogens is 218 g/mol. The van der Waals surface area contributed by atoms with E-state index in [4.69, 9.17) is 0 Å². The second-order valence-corrected chi connectivity index (χ2v) is 6.17. The molecule has 0 aromatic heterocycles. The van der Waals surface area contributed by atoms with Crippen LogP contribution >= 0.6 is 0 Å². The molecule has 16 heavy (non-hydrogen) atoms. The van der Waals surface area contributed by atoms with Crippen LogP contribution in [-0.4, -0.2) is 22.3 Å². The Morgan fingerprint density at radius 2 is 2.06 bits per heavy atom. The normalized spacial score (nSPS) is 14.8. The second kappa shape index (κ2) is 6.16. The van der Waals surface area contributed by atoms with E-state index in [1.54, 1.807) is 6.26 Å². The lowest BCUT2D eigenvalue weighted by Crippen LogP contribution is -2.27. The lowest BCUT2D eigenvalue weighted by molar-refractivity contribution is 0.646. The maximum Gasteiger partial charge on any atom is 0.0441 e. The third-order valence-electron chi connectivity index (χ3n) is 2.82. The molecule has 90 valence electrons. The van der Waals surface area contributed by atoms with Crippen molar-refractivity contribution in [2.24, 2.45) is 0 Å². The lowest BCUT2D eigenvalue weighted by Gasteiger charge is -2.11. The summed E-state index contributed by atoms with van der Waals surface area (Å²) in [6.45, 7) is 7.89. The summed E-state index contributed by atoms with van der Waals surface area (Å²) in [5.41, 5.74) is 3.92. The van der Waals surface area contributed by atoms with Gasteiger partial charge in [-0.3, -0.25) is 4.21 Å². The first kappa shape index (κ1) is 13.4. The Morgan fingerprint density at radius 1 is 1.38 bits per heavy atom. The van der Waals surface area contributed by atoms with Crippen molar-refractivity contribution >= 4 is 10.8 Å². The van der Waals surface area contributed by atoms with Crippen LogP contribution in [0.2, 0.25) is 0 Å². The Hall–Kier alpha value is -0.670. The highest BCUT2D eigenvalue weighted by molar-refractivity contribution is 7.84. The molecule has 0 saturated heterocycles. The van der Waals surface area contributed by atoms with Gasteiger partial charge in [0.2, 0.25) is 0 Å². The van der Waals surface area contributed by atoms with Crippen LogP contribution in [0.5, 0.6) is 0 Å². The predicted molar refractivity (Wildman–Crippen MR) is 71.2 cm³/mol. The molecule has 3 heteroatoms. The summed E-state index contributed by atoms with van der Waals surface area (Å²) in [6.07, 6.45) is 1.75. The van der Waals surface area contributed by atoms with Gasteiger partial charge in [-0.25, -0.2) is 0 Å². The van der Waals surface area contributed by atoms with E-state index in [1.165, 1.54) is 16.7 Å². The number of hydrogen-bond donors (Lipinski definition) is 1. The largest absolute Gasteiger partial charge is 0.311 e. The van der Waals surface area contributed by atoms with E-state index < -0.39 is 10.8 Å². The van der Waals surface area contributed by atoms with E-state index in [9.17, 15) is 4.21 Å². The molecule has 2 unspecified atom stereocenters. The van der Waals surface area contributed by atoms with Crippen molar-refractivity contribution in [3.8, 4) is 0 Å². The van der Waals surface area contributed by atoms with Gasteiger partial charge in [0.1, 0.15) is 0 Å². The van der Waals surface area contributed by atoms with Crippen LogP contribution in [0, 0.1) is 13.8 Å². The molecule has 0 amide bonds. The number of hydrogen-bond acceptors (Lipinski definition) is 2. The quantitative estimate of drug-likeness (QED) is 0.853. The van der Waals surface area contributed by atoms with Gasteiger partial charge in [-0.05, 0) is 31.9 Å². The molecule has 0 fully saturated rings. The van der Waals surface area contributed by atoms with E-state index in [0.717, 1.165) is 13.1 Å². The van der Waals surface area contributed by atoms with Crippen molar-refractivity contribution in [1.82, 2.24) is 5.32 Å². The fourth-order valence-electron chi connectivity index (χ4n) is 1.52. The van der Waals surface area contributed by atoms with Gasteiger partial charge in [-0.2, -0.15) is 0 Å². The zero-order valence-electron chi connectivity index (χ0n) is 10.5. The number of rotatable bonds is 5. The summed E-state index contributed by atoms with van der Waals surface area (Å²) >= 11 is 0. The van der Waals surface area contributed by atoms with Gasteiger partial charge in [0.05, 0.1) is 0 Å². The van der Waals surface area contributed by atoms with Crippen LogP contribution < -0.4 is 5.32 Å². The van der Waals surface area contributed by atoms with Crippen LogP contribution in [0.15, 0.2) is 18.2 Å². The summed E-state index contributed by atoms with van der Waals surface area (Å²) in [5, 5.41) is 3.57. The lowest BCUT2D eigenvalue weighted by atomic mass is 10.1. The molecule has 0 radical (unpaired) electrons. The molecule has 0 bridgehead atoms. The van der Waals surface area contributed by atoms with Gasteiger partial charge in [-0.1, -0.05) is 23.8 Å². The summed E-state index contributed by atoms with van der Waals surface area (Å²) in [4.78, 5) is 0. The minimum absolute atomic E-state index is 0.213. The Balaban J connectivity index is 2.48. The highest BCUT2D eigenvalue weighted by atomic mass is 32.2. The minimum Gasteiger partial charge on any atom is -0.311 e. The Morgan fingerprint density at radius 3 is 2.69 bits per heavy atom. The smallest absolute Gasteiger partial charge is 0.0441 e. The van der Waals surface area contributed by atoms with Crippen LogP contribution in [0.3, 0.4) is 0 Å². The first-order chi connectivity index (χ1) is 7.50. The maximum atomic E-state index is 11.2. The van der Waals surface area contributed by atoms with Crippen molar-refractivity contribution in [2.45, 2.75) is 32.6 Å². The molecule has 0 aliphatic rings. The van der Waals surface area contributed by atoms with Crippen molar-refractivity contribution in [1.29, 1.82) is 0 Å². The average molecular weight is 239 g/mol. The molecule has 1 aromatic carbocycles. The van der Waals surface area contributed by atoms with E-state index in [2.05, 4.69) is 37.4 Å². The molecule has 1 aromatic rings. The molecule has 2 nitrogen and oxygen atoms in total. The Labute approximate surface area is 101 Å². The SMILES string of the molecule is Cc1ccc(C)c(CNCC(C)S(C)=O)c1. The van der Waals surface area contributed by atoms with Crippen molar-refractivity contribution < 1.29 is 4.21 Å². The third-order valence-corrected chi connectivity index (χ3v) is 4.12. The number of aryl methyl sites for hydroxylation is 2. The summed E-state index contributed by atoms with van der Waals surface area (Å²) in [7, 11) is -0.740. The average Bonchev–Trinajstić information content (AvgIpc) is 2.22. The van der Waals surface area contributed by atoms with Gasteiger partial charge >= 0.3 is 0 Å². The summed E-state index contributed by atoms with van der Waals surface area (Å²) in [6, 6.07) is 6.48. The van der Waals surface area contributed by atoms with E-state index >= 15 is 0 Å². The van der Waals surface area contributed by atoms with Crippen molar-refractivity contribution in [2.75, 3.05) is 12.8 Å². The predicted octanol–water partition coefficient (Wildman–Crippen LogP) is 2.16. The van der Waals surface area contributed by atoms with E-state index in [0.29, 0.717) is 0 Å². The van der Waals surface area contributed by atoms with E-state index in [-0.39, 0.29) is 5.25 Å². The monoisotopic (exact) mass is 239 g/mol. The third kappa shape index (κ3) is 4.06. The molecule has 0 aliphatic carbocycles. The fraction of sp³-hybridized carbons (Fsp3) is 0.538. The maximum absolute atomic E-state index is 11.2. The van der Waals surface area contributed by atoms with Crippen LogP contribution in [0.1, 0.15) is 23.6 Å². The number of benzene rings is 1. The molecule has 0 spiro atoms. The highest BCUT2D eigenvalue weighted by Gasteiger charge is 2.05. The summed E-state index contributed by atoms with van der Waals surface area (Å²) in [5.74, 6) is 0. The molecule has 0 saturated carbocycles. The standard InChI is InChI=1S/C13H21NOS/c1-10-5-6-11(2)13(7-10)9-14-8-12(3)16(4)15/h5-7,12,14H,8-9H2,1-4H3. The van der Waals surface area contributed by atoms with Crippen molar-refractivity contribution in [3.63, 3.8) is 0 Å². The second-order valence-electron chi connectivity index (χ2n) is 4.37. The molecule has 0 aliphatic heterocycles. The molecule has 1 N–H and O–H groups in total. The van der Waals surface area contributed by atoms with Gasteiger partial charge in [0, 0.05) is 35.4 Å². The van der Waals surface area contributed by atoms with Gasteiger partial charge in [0.15, 0.2) is 0 Å². The molecule has 1 rings (SSSR count). The zero-order valence-corrected chi connectivity index (χ0v) is 11.4. The van der Waals surface area contributed by atoms with Crippen molar-refractivity contribution in [3.05, 3.63) is 34.9 Å². The van der Waals surface area contributed by atoms with Gasteiger partial charge in [0.25, 0.3) is 0 Å². The van der Waals surface area contributed by atoms with E-state index in [1.807, 2.05) is 6.92 Å². The zero-order chi connectivity index (χ0) is 12.1. The molecule has 2 atom stereocenters. The first-order valence-corrected chi connectivity index (χ1v) is 7.22. The topological polar surface area (TPSA) is 29.1 Å². The Bertz CT molecular complexity index is 376.